The molecule has 28 heavy (non-hydrogen) atoms. The normalized spacial score (nSPS) is 15.0. The highest BCUT2D eigenvalue weighted by Gasteiger charge is 2.15. The number of hydrogen-bond donors (Lipinski definition) is 1. The van der Waals surface area contributed by atoms with Crippen LogP contribution in [-0.2, 0) is 16.9 Å². The number of nitrogens with one attached hydrogen (secondary N) is 1. The van der Waals surface area contributed by atoms with Crippen LogP contribution in [0.2, 0.25) is 0 Å². The Hall–Kier alpha value is -2.44. The summed E-state index contributed by atoms with van der Waals surface area (Å²) < 4.78 is 5.39. The third-order valence-electron chi connectivity index (χ3n) is 4.91. The number of carbonyl (C=O) groups excluding carboxylic acids is 1. The molecule has 0 saturated carbocycles. The lowest BCUT2D eigenvalue weighted by molar-refractivity contribution is 0.0992. The maximum Gasteiger partial charge on any atom is 0.258 e. The molecule has 144 valence electrons. The molecule has 1 aliphatic heterocycles. The SMILES string of the molecule is O=C(Cc1ccccc1)c1ccc2c(=O)[nH]c(CSC3CCOCC3)nc2c1. The molecule has 2 heterocycles. The molecule has 0 bridgehead atoms. The number of nitrogens with zero attached hydrogens (tertiary/aromatic N) is 1. The summed E-state index contributed by atoms with van der Waals surface area (Å²) in [6.07, 6.45) is 2.39. The van der Waals surface area contributed by atoms with Gasteiger partial charge in [-0.3, -0.25) is 9.59 Å². The first-order chi connectivity index (χ1) is 13.7. The average molecular weight is 394 g/mol. The predicted octanol–water partition coefficient (Wildman–Crippen LogP) is 3.76. The summed E-state index contributed by atoms with van der Waals surface area (Å²) in [5, 5.41) is 1.05. The highest BCUT2D eigenvalue weighted by molar-refractivity contribution is 7.99. The Bertz CT molecular complexity index is 1030. The van der Waals surface area contributed by atoms with Crippen molar-refractivity contribution >= 4 is 28.4 Å². The van der Waals surface area contributed by atoms with E-state index in [-0.39, 0.29) is 11.3 Å². The zero-order chi connectivity index (χ0) is 19.3. The van der Waals surface area contributed by atoms with Crippen molar-refractivity contribution in [2.24, 2.45) is 0 Å². The highest BCUT2D eigenvalue weighted by Crippen LogP contribution is 2.24. The third-order valence-corrected chi connectivity index (χ3v) is 6.29. The molecular weight excluding hydrogens is 372 g/mol. The Morgan fingerprint density at radius 2 is 1.93 bits per heavy atom. The fourth-order valence-corrected chi connectivity index (χ4v) is 4.41. The van der Waals surface area contributed by atoms with Crippen molar-refractivity contribution in [2.45, 2.75) is 30.3 Å². The van der Waals surface area contributed by atoms with Crippen LogP contribution in [0.3, 0.4) is 0 Å². The van der Waals surface area contributed by atoms with Gasteiger partial charge < -0.3 is 9.72 Å². The lowest BCUT2D eigenvalue weighted by Gasteiger charge is -2.21. The van der Waals surface area contributed by atoms with Gasteiger partial charge in [-0.15, -0.1) is 0 Å². The Morgan fingerprint density at radius 1 is 1.14 bits per heavy atom. The number of ketones is 1. The smallest absolute Gasteiger partial charge is 0.258 e. The van der Waals surface area contributed by atoms with E-state index in [0.29, 0.717) is 39.7 Å². The lowest BCUT2D eigenvalue weighted by Crippen LogP contribution is -2.18. The third kappa shape index (κ3) is 4.51. The van der Waals surface area contributed by atoms with Crippen molar-refractivity contribution in [2.75, 3.05) is 13.2 Å². The van der Waals surface area contributed by atoms with Crippen molar-refractivity contribution in [1.82, 2.24) is 9.97 Å². The van der Waals surface area contributed by atoms with Crippen LogP contribution in [0.1, 0.15) is 34.6 Å². The van der Waals surface area contributed by atoms with Gasteiger partial charge in [-0.1, -0.05) is 36.4 Å². The second kappa shape index (κ2) is 8.71. The van der Waals surface area contributed by atoms with Crippen LogP contribution in [0.4, 0.5) is 0 Å². The van der Waals surface area contributed by atoms with Crippen LogP contribution in [0, 0.1) is 0 Å². The van der Waals surface area contributed by atoms with Gasteiger partial charge in [0.15, 0.2) is 5.78 Å². The van der Waals surface area contributed by atoms with E-state index < -0.39 is 0 Å². The van der Waals surface area contributed by atoms with Gasteiger partial charge in [-0.2, -0.15) is 11.8 Å². The number of aromatic amines is 1. The molecule has 0 atom stereocenters. The second-order valence-corrected chi connectivity index (χ2v) is 8.24. The highest BCUT2D eigenvalue weighted by atomic mass is 32.2. The molecule has 2 aromatic carbocycles. The number of rotatable bonds is 6. The van der Waals surface area contributed by atoms with Crippen LogP contribution in [0.5, 0.6) is 0 Å². The van der Waals surface area contributed by atoms with E-state index in [9.17, 15) is 9.59 Å². The standard InChI is InChI=1S/C22H22N2O3S/c25-20(12-15-4-2-1-3-5-15)16-6-7-18-19(13-16)23-21(24-22(18)26)14-28-17-8-10-27-11-9-17/h1-7,13,17H,8-12,14H2,(H,23,24,26). The molecule has 3 aromatic rings. The number of thioether (sulfide) groups is 1. The minimum Gasteiger partial charge on any atom is -0.381 e. The lowest BCUT2D eigenvalue weighted by atomic mass is 10.0. The minimum atomic E-state index is -0.158. The molecule has 6 heteroatoms. The Kier molecular flexibility index (Phi) is 5.88. The number of benzene rings is 2. The number of carbonyl (C=O) groups is 1. The zero-order valence-corrected chi connectivity index (χ0v) is 16.3. The van der Waals surface area contributed by atoms with E-state index in [0.717, 1.165) is 31.6 Å². The van der Waals surface area contributed by atoms with Gasteiger partial charge in [0.05, 0.1) is 16.7 Å². The molecule has 1 saturated heterocycles. The van der Waals surface area contributed by atoms with Gasteiger partial charge in [-0.05, 0) is 30.5 Å². The van der Waals surface area contributed by atoms with Crippen molar-refractivity contribution in [3.05, 3.63) is 75.8 Å². The zero-order valence-electron chi connectivity index (χ0n) is 15.5. The molecule has 0 unspecified atom stereocenters. The first-order valence-electron chi connectivity index (χ1n) is 9.48. The number of H-pyrrole nitrogens is 1. The molecule has 1 aliphatic rings. The summed E-state index contributed by atoms with van der Waals surface area (Å²) in [6.45, 7) is 1.60. The van der Waals surface area contributed by atoms with E-state index in [1.165, 1.54) is 0 Å². The van der Waals surface area contributed by atoms with Gasteiger partial charge in [0.25, 0.3) is 5.56 Å². The van der Waals surface area contributed by atoms with E-state index in [1.807, 2.05) is 30.3 Å². The summed E-state index contributed by atoms with van der Waals surface area (Å²) in [7, 11) is 0. The van der Waals surface area contributed by atoms with E-state index in [1.54, 1.807) is 30.0 Å². The molecule has 0 radical (unpaired) electrons. The largest absolute Gasteiger partial charge is 0.381 e. The molecule has 1 N–H and O–H groups in total. The maximum absolute atomic E-state index is 12.6. The molecule has 0 aliphatic carbocycles. The molecule has 0 spiro atoms. The van der Waals surface area contributed by atoms with Crippen LogP contribution in [-0.4, -0.2) is 34.2 Å². The minimum absolute atomic E-state index is 0.0216. The predicted molar refractivity (Wildman–Crippen MR) is 112 cm³/mol. The molecule has 1 aromatic heterocycles. The Balaban J connectivity index is 1.53. The van der Waals surface area contributed by atoms with Crippen molar-refractivity contribution in [1.29, 1.82) is 0 Å². The fraction of sp³-hybridized carbons (Fsp3) is 0.318. The van der Waals surface area contributed by atoms with Crippen LogP contribution < -0.4 is 5.56 Å². The van der Waals surface area contributed by atoms with Gasteiger partial charge >= 0.3 is 0 Å². The first-order valence-corrected chi connectivity index (χ1v) is 10.5. The van der Waals surface area contributed by atoms with Crippen molar-refractivity contribution in [3.63, 3.8) is 0 Å². The van der Waals surface area contributed by atoms with E-state index in [2.05, 4.69) is 9.97 Å². The van der Waals surface area contributed by atoms with Gasteiger partial charge in [0.1, 0.15) is 5.82 Å². The van der Waals surface area contributed by atoms with Gasteiger partial charge in [0.2, 0.25) is 0 Å². The molecule has 0 amide bonds. The van der Waals surface area contributed by atoms with E-state index >= 15 is 0 Å². The topological polar surface area (TPSA) is 72.0 Å². The fourth-order valence-electron chi connectivity index (χ4n) is 3.35. The molecule has 4 rings (SSSR count). The number of fused-ring (bicyclic) bond motifs is 1. The Labute approximate surface area is 167 Å². The average Bonchev–Trinajstić information content (AvgIpc) is 2.73. The summed E-state index contributed by atoms with van der Waals surface area (Å²) in [5.74, 6) is 1.33. The number of ether oxygens (including phenoxy) is 1. The molecular formula is C22H22N2O3S. The monoisotopic (exact) mass is 394 g/mol. The summed E-state index contributed by atoms with van der Waals surface area (Å²) in [6, 6.07) is 14.8. The van der Waals surface area contributed by atoms with Crippen LogP contribution >= 0.6 is 11.8 Å². The number of Topliss-reactive ketones (excluding diaryl/α,β-unsaturated/α-hetero) is 1. The van der Waals surface area contributed by atoms with E-state index in [4.69, 9.17) is 4.74 Å². The van der Waals surface area contributed by atoms with Crippen LogP contribution in [0.25, 0.3) is 10.9 Å². The maximum atomic E-state index is 12.6. The van der Waals surface area contributed by atoms with Gasteiger partial charge in [-0.25, -0.2) is 4.98 Å². The summed E-state index contributed by atoms with van der Waals surface area (Å²) in [4.78, 5) is 32.5. The van der Waals surface area contributed by atoms with Crippen molar-refractivity contribution in [3.8, 4) is 0 Å². The quantitative estimate of drug-likeness (QED) is 0.645. The first kappa shape index (κ1) is 18.9. The number of aromatic nitrogens is 2. The number of hydrogen-bond acceptors (Lipinski definition) is 5. The summed E-state index contributed by atoms with van der Waals surface area (Å²) >= 11 is 1.80. The summed E-state index contributed by atoms with van der Waals surface area (Å²) in [5.41, 5.74) is 1.97. The van der Waals surface area contributed by atoms with Crippen molar-refractivity contribution < 1.29 is 9.53 Å². The molecule has 1 fully saturated rings. The Morgan fingerprint density at radius 3 is 2.71 bits per heavy atom. The second-order valence-electron chi connectivity index (χ2n) is 6.95. The van der Waals surface area contributed by atoms with Gasteiger partial charge in [0, 0.05) is 30.4 Å². The van der Waals surface area contributed by atoms with Crippen LogP contribution in [0.15, 0.2) is 53.3 Å². The molecule has 5 nitrogen and oxygen atoms in total.